The number of hydrogen-bond donors (Lipinski definition) is 1. The summed E-state index contributed by atoms with van der Waals surface area (Å²) in [4.78, 5) is 27.5. The Morgan fingerprint density at radius 1 is 1.26 bits per heavy atom. The lowest BCUT2D eigenvalue weighted by molar-refractivity contribution is -0.122. The van der Waals surface area contributed by atoms with E-state index in [1.807, 2.05) is 24.3 Å². The number of aromatic nitrogens is 4. The first-order chi connectivity index (χ1) is 15.0. The summed E-state index contributed by atoms with van der Waals surface area (Å²) in [5, 5.41) is 11.4. The number of fused-ring (bicyclic) bond motifs is 1. The first-order valence-electron chi connectivity index (χ1n) is 10.7. The van der Waals surface area contributed by atoms with Crippen LogP contribution in [0.25, 0.3) is 16.8 Å². The third-order valence-corrected chi connectivity index (χ3v) is 5.83. The molecule has 1 amide bonds. The predicted octanol–water partition coefficient (Wildman–Crippen LogP) is 1.56. The molecule has 1 aromatic carbocycles. The summed E-state index contributed by atoms with van der Waals surface area (Å²) in [5.41, 5.74) is 1.53. The van der Waals surface area contributed by atoms with Gasteiger partial charge >= 0.3 is 0 Å². The number of nitrogens with one attached hydrogen (secondary N) is 1. The highest BCUT2D eigenvalue weighted by molar-refractivity contribution is 5.75. The van der Waals surface area contributed by atoms with E-state index in [2.05, 4.69) is 27.3 Å². The summed E-state index contributed by atoms with van der Waals surface area (Å²) in [5.74, 6) is 0.524. The smallest absolute Gasteiger partial charge is 0.293 e. The number of carbonyl (C=O) groups excluding carboxylic acids is 1. The van der Waals surface area contributed by atoms with E-state index in [9.17, 15) is 9.59 Å². The zero-order chi connectivity index (χ0) is 21.8. The van der Waals surface area contributed by atoms with Crippen LogP contribution in [0.2, 0.25) is 0 Å². The minimum Gasteiger partial charge on any atom is -0.497 e. The van der Waals surface area contributed by atoms with Crippen molar-refractivity contribution in [3.8, 4) is 17.0 Å². The molecule has 3 aromatic rings. The molecule has 164 valence electrons. The van der Waals surface area contributed by atoms with Crippen molar-refractivity contribution in [3.63, 3.8) is 0 Å². The first kappa shape index (κ1) is 21.0. The molecule has 0 bridgehead atoms. The summed E-state index contributed by atoms with van der Waals surface area (Å²) in [6.07, 6.45) is 5.14. The van der Waals surface area contributed by atoms with Crippen molar-refractivity contribution in [2.24, 2.45) is 0 Å². The van der Waals surface area contributed by atoms with E-state index in [-0.39, 0.29) is 18.0 Å². The average molecular weight is 425 g/mol. The van der Waals surface area contributed by atoms with Crippen molar-refractivity contribution in [3.05, 3.63) is 47.0 Å². The lowest BCUT2D eigenvalue weighted by atomic mass is 10.0. The number of likely N-dealkylation sites (tertiary alicyclic amines) is 1. The van der Waals surface area contributed by atoms with E-state index in [1.54, 1.807) is 13.2 Å². The van der Waals surface area contributed by atoms with Gasteiger partial charge < -0.3 is 10.1 Å². The number of hydrogen-bond acceptors (Lipinski definition) is 6. The molecule has 1 fully saturated rings. The predicted molar refractivity (Wildman–Crippen MR) is 117 cm³/mol. The Hall–Kier alpha value is -3.20. The van der Waals surface area contributed by atoms with Crippen molar-refractivity contribution in [1.29, 1.82) is 0 Å². The Morgan fingerprint density at radius 3 is 2.81 bits per heavy atom. The maximum absolute atomic E-state index is 12.8. The fraction of sp³-hybridized carbons (Fsp3) is 0.455. The third kappa shape index (κ3) is 4.77. The van der Waals surface area contributed by atoms with Crippen molar-refractivity contribution in [2.45, 2.75) is 38.8 Å². The van der Waals surface area contributed by atoms with E-state index in [0.717, 1.165) is 24.4 Å². The fourth-order valence-electron chi connectivity index (χ4n) is 3.97. The van der Waals surface area contributed by atoms with Crippen LogP contribution in [-0.4, -0.2) is 63.0 Å². The largest absolute Gasteiger partial charge is 0.497 e. The molecule has 4 rings (SSSR count). The van der Waals surface area contributed by atoms with Gasteiger partial charge in [0.15, 0.2) is 0 Å². The minimum atomic E-state index is -0.352. The van der Waals surface area contributed by atoms with Crippen molar-refractivity contribution < 1.29 is 9.53 Å². The molecule has 0 unspecified atom stereocenters. The quantitative estimate of drug-likeness (QED) is 0.619. The highest BCUT2D eigenvalue weighted by Gasteiger charge is 2.18. The summed E-state index contributed by atoms with van der Waals surface area (Å²) in [6.45, 7) is 4.57. The summed E-state index contributed by atoms with van der Waals surface area (Å²) >= 11 is 0. The Labute approximate surface area is 180 Å². The zero-order valence-electron chi connectivity index (χ0n) is 18.0. The standard InChI is InChI=1S/C22H28N6O3/c1-16-5-3-4-11-26(16)12-10-23-21(29)14-27-22(30)20-13-19(25-28(20)15-24-27)17-6-8-18(31-2)9-7-17/h6-9,13,15-16H,3-5,10-12,14H2,1-2H3,(H,23,29)/t16-/m0/s1. The number of piperidine rings is 1. The molecular formula is C22H28N6O3. The normalized spacial score (nSPS) is 17.0. The van der Waals surface area contributed by atoms with Crippen molar-refractivity contribution >= 4 is 11.4 Å². The molecule has 1 saturated heterocycles. The molecule has 1 aliphatic heterocycles. The van der Waals surface area contributed by atoms with E-state index >= 15 is 0 Å². The monoisotopic (exact) mass is 424 g/mol. The highest BCUT2D eigenvalue weighted by Crippen LogP contribution is 2.21. The number of ether oxygens (including phenoxy) is 1. The molecular weight excluding hydrogens is 396 g/mol. The highest BCUT2D eigenvalue weighted by atomic mass is 16.5. The van der Waals surface area contributed by atoms with Gasteiger partial charge in [-0.3, -0.25) is 14.5 Å². The molecule has 1 aliphatic rings. The maximum atomic E-state index is 12.8. The minimum absolute atomic E-state index is 0.117. The van der Waals surface area contributed by atoms with Gasteiger partial charge in [0.25, 0.3) is 5.56 Å². The second kappa shape index (κ2) is 9.30. The van der Waals surface area contributed by atoms with Gasteiger partial charge in [0.05, 0.1) is 12.8 Å². The molecule has 31 heavy (non-hydrogen) atoms. The van der Waals surface area contributed by atoms with Crippen LogP contribution in [0, 0.1) is 0 Å². The van der Waals surface area contributed by atoms with Crippen LogP contribution >= 0.6 is 0 Å². The van der Waals surface area contributed by atoms with Gasteiger partial charge in [0, 0.05) is 24.7 Å². The third-order valence-electron chi connectivity index (χ3n) is 5.83. The Balaban J connectivity index is 1.41. The van der Waals surface area contributed by atoms with E-state index in [4.69, 9.17) is 4.74 Å². The number of benzene rings is 1. The van der Waals surface area contributed by atoms with Crippen LogP contribution < -0.4 is 15.6 Å². The van der Waals surface area contributed by atoms with Gasteiger partial charge in [-0.1, -0.05) is 6.42 Å². The zero-order valence-corrected chi connectivity index (χ0v) is 18.0. The molecule has 0 aliphatic carbocycles. The van der Waals surface area contributed by atoms with Gasteiger partial charge in [-0.25, -0.2) is 9.20 Å². The van der Waals surface area contributed by atoms with Crippen LogP contribution in [0.3, 0.4) is 0 Å². The summed E-state index contributed by atoms with van der Waals surface area (Å²) in [6, 6.07) is 9.69. The SMILES string of the molecule is COc1ccc(-c2cc3c(=O)n(CC(=O)NCCN4CCCC[C@@H]4C)ncn3n2)cc1. The van der Waals surface area contributed by atoms with Crippen LogP contribution in [0.5, 0.6) is 5.75 Å². The Kier molecular flexibility index (Phi) is 6.31. The molecule has 0 saturated carbocycles. The molecule has 9 heteroatoms. The van der Waals surface area contributed by atoms with E-state index < -0.39 is 0 Å². The number of nitrogens with zero attached hydrogens (tertiary/aromatic N) is 5. The lowest BCUT2D eigenvalue weighted by Crippen LogP contribution is -2.43. The molecule has 1 atom stereocenters. The second-order valence-electron chi connectivity index (χ2n) is 7.91. The van der Waals surface area contributed by atoms with Gasteiger partial charge in [-0.2, -0.15) is 10.2 Å². The fourth-order valence-corrected chi connectivity index (χ4v) is 3.97. The maximum Gasteiger partial charge on any atom is 0.293 e. The van der Waals surface area contributed by atoms with Crippen LogP contribution in [-0.2, 0) is 11.3 Å². The second-order valence-corrected chi connectivity index (χ2v) is 7.91. The lowest BCUT2D eigenvalue weighted by Gasteiger charge is -2.33. The number of rotatable bonds is 7. The first-order valence-corrected chi connectivity index (χ1v) is 10.7. The molecule has 0 radical (unpaired) electrons. The Morgan fingerprint density at radius 2 is 2.06 bits per heavy atom. The topological polar surface area (TPSA) is 93.8 Å². The summed E-state index contributed by atoms with van der Waals surface area (Å²) < 4.78 is 7.79. The average Bonchev–Trinajstić information content (AvgIpc) is 3.22. The van der Waals surface area contributed by atoms with Crippen molar-refractivity contribution in [2.75, 3.05) is 26.7 Å². The molecule has 3 heterocycles. The number of methoxy groups -OCH3 is 1. The molecule has 9 nitrogen and oxygen atoms in total. The van der Waals surface area contributed by atoms with Crippen molar-refractivity contribution in [1.82, 2.24) is 29.6 Å². The van der Waals surface area contributed by atoms with Gasteiger partial charge in [-0.15, -0.1) is 0 Å². The van der Waals surface area contributed by atoms with Crippen LogP contribution in [0.15, 0.2) is 41.5 Å². The number of carbonyl (C=O) groups is 1. The molecule has 1 N–H and O–H groups in total. The van der Waals surface area contributed by atoms with E-state index in [1.165, 1.54) is 34.8 Å². The van der Waals surface area contributed by atoms with Gasteiger partial charge in [-0.05, 0) is 56.6 Å². The Bertz CT molecular complexity index is 1100. The summed E-state index contributed by atoms with van der Waals surface area (Å²) in [7, 11) is 1.61. The number of amides is 1. The molecule has 0 spiro atoms. The van der Waals surface area contributed by atoms with Gasteiger partial charge in [0.1, 0.15) is 24.1 Å². The van der Waals surface area contributed by atoms with Gasteiger partial charge in [0.2, 0.25) is 5.91 Å². The van der Waals surface area contributed by atoms with E-state index in [0.29, 0.717) is 23.8 Å². The molecule has 2 aromatic heterocycles. The van der Waals surface area contributed by atoms with Crippen LogP contribution in [0.4, 0.5) is 0 Å². The van der Waals surface area contributed by atoms with Crippen LogP contribution in [0.1, 0.15) is 26.2 Å².